The van der Waals surface area contributed by atoms with Gasteiger partial charge in [-0.25, -0.2) is 0 Å². The van der Waals surface area contributed by atoms with Crippen LogP contribution in [0.25, 0.3) is 0 Å². The Hall–Kier alpha value is -0.990. The molecular weight excluding hydrogens is 234 g/mol. The third-order valence-electron chi connectivity index (χ3n) is 2.83. The average Bonchev–Trinajstić information content (AvgIpc) is 3.13. The number of benzene rings is 1. The molecule has 0 aliphatic heterocycles. The monoisotopic (exact) mass is 251 g/mol. The van der Waals surface area contributed by atoms with Gasteiger partial charge in [-0.2, -0.15) is 0 Å². The van der Waals surface area contributed by atoms with Crippen LogP contribution in [0.15, 0.2) is 30.9 Å². The van der Waals surface area contributed by atoms with Gasteiger partial charge in [0.15, 0.2) is 0 Å². The van der Waals surface area contributed by atoms with Gasteiger partial charge in [0.05, 0.1) is 0 Å². The van der Waals surface area contributed by atoms with Crippen molar-refractivity contribution in [1.29, 1.82) is 0 Å². The molecule has 0 radical (unpaired) electrons. The highest BCUT2D eigenvalue weighted by atomic mass is 35.5. The molecule has 1 aromatic carbocycles. The Bertz CT molecular complexity index is 401. The summed E-state index contributed by atoms with van der Waals surface area (Å²) < 4.78 is 5.79. The summed E-state index contributed by atoms with van der Waals surface area (Å²) in [6.07, 6.45) is 4.35. The first-order valence-corrected chi connectivity index (χ1v) is 6.38. The van der Waals surface area contributed by atoms with Crippen LogP contribution in [0.3, 0.4) is 0 Å². The third kappa shape index (κ3) is 3.76. The number of nitrogens with one attached hydrogen (secondary N) is 1. The van der Waals surface area contributed by atoms with Gasteiger partial charge in [-0.3, -0.25) is 0 Å². The van der Waals surface area contributed by atoms with Gasteiger partial charge in [0.1, 0.15) is 11.9 Å². The highest BCUT2D eigenvalue weighted by Gasteiger charge is 2.20. The molecule has 0 bridgehead atoms. The second-order valence-electron chi connectivity index (χ2n) is 4.47. The van der Waals surface area contributed by atoms with E-state index in [1.165, 1.54) is 12.8 Å². The third-order valence-corrected chi connectivity index (χ3v) is 3.06. The van der Waals surface area contributed by atoms with Crippen molar-refractivity contribution < 1.29 is 4.74 Å². The van der Waals surface area contributed by atoms with Crippen LogP contribution in [-0.2, 0) is 6.54 Å². The van der Waals surface area contributed by atoms with E-state index in [4.69, 9.17) is 16.3 Å². The number of halogens is 1. The lowest BCUT2D eigenvalue weighted by molar-refractivity contribution is 0.267. The molecule has 0 amide bonds. The Morgan fingerprint density at radius 1 is 1.59 bits per heavy atom. The lowest BCUT2D eigenvalue weighted by atomic mass is 10.2. The second kappa shape index (κ2) is 5.56. The van der Waals surface area contributed by atoms with Crippen LogP contribution in [0.2, 0.25) is 5.02 Å². The number of hydrogen-bond donors (Lipinski definition) is 1. The van der Waals surface area contributed by atoms with Gasteiger partial charge in [-0.15, -0.1) is 0 Å². The fourth-order valence-corrected chi connectivity index (χ4v) is 1.79. The molecule has 1 N–H and O–H groups in total. The van der Waals surface area contributed by atoms with Crippen LogP contribution < -0.4 is 10.1 Å². The smallest absolute Gasteiger partial charge is 0.124 e. The topological polar surface area (TPSA) is 21.3 Å². The van der Waals surface area contributed by atoms with Crippen LogP contribution in [0, 0.1) is 0 Å². The largest absolute Gasteiger partial charge is 0.486 e. The molecule has 17 heavy (non-hydrogen) atoms. The van der Waals surface area contributed by atoms with Crippen LogP contribution >= 0.6 is 11.6 Å². The lowest BCUT2D eigenvalue weighted by Crippen LogP contribution is -2.17. The zero-order chi connectivity index (χ0) is 12.3. The SMILES string of the molecule is C=CC(C)Oc1ccc(Cl)cc1CNC1CC1. The Morgan fingerprint density at radius 3 is 3.00 bits per heavy atom. The van der Waals surface area contributed by atoms with Gasteiger partial charge < -0.3 is 10.1 Å². The first-order chi connectivity index (χ1) is 8.19. The molecule has 0 saturated heterocycles. The van der Waals surface area contributed by atoms with E-state index in [0.717, 1.165) is 22.9 Å². The molecule has 1 aliphatic carbocycles. The minimum atomic E-state index is 0.0100. The quantitative estimate of drug-likeness (QED) is 0.781. The molecule has 1 saturated carbocycles. The second-order valence-corrected chi connectivity index (χ2v) is 4.90. The van der Waals surface area contributed by atoms with E-state index in [2.05, 4.69) is 11.9 Å². The molecule has 1 aromatic rings. The Kier molecular flexibility index (Phi) is 4.08. The van der Waals surface area contributed by atoms with Gasteiger partial charge in [0.25, 0.3) is 0 Å². The van der Waals surface area contributed by atoms with Gasteiger partial charge in [0, 0.05) is 23.2 Å². The summed E-state index contributed by atoms with van der Waals surface area (Å²) in [5, 5.41) is 4.21. The highest BCUT2D eigenvalue weighted by molar-refractivity contribution is 6.30. The van der Waals surface area contributed by atoms with Gasteiger partial charge in [-0.1, -0.05) is 24.3 Å². The molecule has 0 aromatic heterocycles. The van der Waals surface area contributed by atoms with Crippen molar-refractivity contribution in [1.82, 2.24) is 5.32 Å². The minimum Gasteiger partial charge on any atom is -0.486 e. The van der Waals surface area contributed by atoms with Crippen molar-refractivity contribution in [2.75, 3.05) is 0 Å². The molecule has 2 nitrogen and oxygen atoms in total. The minimum absolute atomic E-state index is 0.0100. The molecule has 0 spiro atoms. The van der Waals surface area contributed by atoms with Crippen molar-refractivity contribution in [2.45, 2.75) is 38.5 Å². The summed E-state index contributed by atoms with van der Waals surface area (Å²) in [7, 11) is 0. The summed E-state index contributed by atoms with van der Waals surface area (Å²) in [6, 6.07) is 6.42. The fraction of sp³-hybridized carbons (Fsp3) is 0.429. The number of ether oxygens (including phenoxy) is 1. The van der Waals surface area contributed by atoms with Crippen molar-refractivity contribution in [3.63, 3.8) is 0 Å². The van der Waals surface area contributed by atoms with E-state index in [1.807, 2.05) is 25.1 Å². The zero-order valence-electron chi connectivity index (χ0n) is 10.1. The molecule has 3 heteroatoms. The van der Waals surface area contributed by atoms with Gasteiger partial charge in [0.2, 0.25) is 0 Å². The predicted molar refractivity (Wildman–Crippen MR) is 71.6 cm³/mol. The summed E-state index contributed by atoms with van der Waals surface area (Å²) in [5.74, 6) is 0.884. The van der Waals surface area contributed by atoms with Crippen LogP contribution in [0.4, 0.5) is 0 Å². The van der Waals surface area contributed by atoms with Crippen molar-refractivity contribution in [2.24, 2.45) is 0 Å². The standard InChI is InChI=1S/C14H18ClNO/c1-3-10(2)17-14-7-4-12(15)8-11(14)9-16-13-5-6-13/h3-4,7-8,10,13,16H,1,5-6,9H2,2H3. The molecule has 92 valence electrons. The fourth-order valence-electron chi connectivity index (χ4n) is 1.59. The van der Waals surface area contributed by atoms with E-state index in [0.29, 0.717) is 6.04 Å². The van der Waals surface area contributed by atoms with E-state index in [-0.39, 0.29) is 6.10 Å². The normalized spacial score (nSPS) is 16.6. The molecule has 2 rings (SSSR count). The Labute approximate surface area is 108 Å². The van der Waals surface area contributed by atoms with E-state index >= 15 is 0 Å². The van der Waals surface area contributed by atoms with Crippen LogP contribution in [-0.4, -0.2) is 12.1 Å². The lowest BCUT2D eigenvalue weighted by Gasteiger charge is -2.15. The zero-order valence-corrected chi connectivity index (χ0v) is 10.8. The number of hydrogen-bond acceptors (Lipinski definition) is 2. The highest BCUT2D eigenvalue weighted by Crippen LogP contribution is 2.26. The molecule has 1 aliphatic rings. The maximum atomic E-state index is 6.01. The Balaban J connectivity index is 2.07. The first kappa shape index (κ1) is 12.5. The summed E-state index contributed by atoms with van der Waals surface area (Å²) in [6.45, 7) is 6.50. The van der Waals surface area contributed by atoms with Gasteiger partial charge >= 0.3 is 0 Å². The molecule has 0 heterocycles. The predicted octanol–water partition coefficient (Wildman–Crippen LogP) is 3.55. The van der Waals surface area contributed by atoms with Gasteiger partial charge in [-0.05, 0) is 38.0 Å². The van der Waals surface area contributed by atoms with Crippen molar-refractivity contribution in [3.8, 4) is 5.75 Å². The molecule has 1 atom stereocenters. The van der Waals surface area contributed by atoms with Crippen LogP contribution in [0.1, 0.15) is 25.3 Å². The molecular formula is C14H18ClNO. The van der Waals surface area contributed by atoms with E-state index in [1.54, 1.807) is 6.08 Å². The maximum absolute atomic E-state index is 6.01. The van der Waals surface area contributed by atoms with Crippen molar-refractivity contribution >= 4 is 11.6 Å². The summed E-state index contributed by atoms with van der Waals surface area (Å²) in [4.78, 5) is 0. The summed E-state index contributed by atoms with van der Waals surface area (Å²) >= 11 is 6.01. The van der Waals surface area contributed by atoms with E-state index in [9.17, 15) is 0 Å². The van der Waals surface area contributed by atoms with Crippen LogP contribution in [0.5, 0.6) is 5.75 Å². The average molecular weight is 252 g/mol. The molecule has 1 fully saturated rings. The summed E-state index contributed by atoms with van der Waals surface area (Å²) in [5.41, 5.74) is 1.11. The van der Waals surface area contributed by atoms with Crippen molar-refractivity contribution in [3.05, 3.63) is 41.4 Å². The first-order valence-electron chi connectivity index (χ1n) is 6.00. The molecule has 1 unspecified atom stereocenters. The Morgan fingerprint density at radius 2 is 2.35 bits per heavy atom. The maximum Gasteiger partial charge on any atom is 0.124 e. The van der Waals surface area contributed by atoms with E-state index < -0.39 is 0 Å². The number of rotatable bonds is 6.